The summed E-state index contributed by atoms with van der Waals surface area (Å²) < 4.78 is 19.8. The van der Waals surface area contributed by atoms with Crippen LogP contribution in [0.15, 0.2) is 16.5 Å². The Morgan fingerprint density at radius 1 is 1.38 bits per heavy atom. The van der Waals surface area contributed by atoms with Gasteiger partial charge in [0.15, 0.2) is 11.5 Å². The zero-order valence-electron chi connectivity index (χ0n) is 13.0. The first-order valence-corrected chi connectivity index (χ1v) is 7.76. The fourth-order valence-corrected chi connectivity index (χ4v) is 2.81. The Morgan fingerprint density at radius 2 is 2.14 bits per heavy atom. The summed E-state index contributed by atoms with van der Waals surface area (Å²) >= 11 is 0. The van der Waals surface area contributed by atoms with E-state index in [1.165, 1.54) is 0 Å². The molecule has 1 heterocycles. The second-order valence-corrected chi connectivity index (χ2v) is 6.58. The fraction of sp³-hybridized carbons (Fsp3) is 0.588. The summed E-state index contributed by atoms with van der Waals surface area (Å²) in [4.78, 5) is 4.55. The van der Waals surface area contributed by atoms with Gasteiger partial charge in [0.2, 0.25) is 0 Å². The van der Waals surface area contributed by atoms with E-state index in [4.69, 9.17) is 4.42 Å². The molecule has 0 bridgehead atoms. The van der Waals surface area contributed by atoms with E-state index in [9.17, 15) is 4.39 Å². The molecule has 1 aromatic carbocycles. The van der Waals surface area contributed by atoms with Crippen molar-refractivity contribution in [3.8, 4) is 0 Å². The van der Waals surface area contributed by atoms with Gasteiger partial charge < -0.3 is 9.73 Å². The van der Waals surface area contributed by atoms with Crippen LogP contribution in [-0.4, -0.2) is 17.2 Å². The Hall–Kier alpha value is -1.42. The predicted molar refractivity (Wildman–Crippen MR) is 82.2 cm³/mol. The Bertz CT molecular complexity index is 644. The molecule has 1 saturated carbocycles. The van der Waals surface area contributed by atoms with Gasteiger partial charge in [-0.1, -0.05) is 19.9 Å². The summed E-state index contributed by atoms with van der Waals surface area (Å²) in [6.07, 6.45) is 2.40. The average Bonchev–Trinajstić information content (AvgIpc) is 2.81. The highest BCUT2D eigenvalue weighted by Crippen LogP contribution is 2.35. The number of hydrogen-bond acceptors (Lipinski definition) is 3. The second kappa shape index (κ2) is 5.41. The molecule has 114 valence electrons. The van der Waals surface area contributed by atoms with Gasteiger partial charge in [0.1, 0.15) is 11.2 Å². The molecule has 0 radical (unpaired) electrons. The maximum Gasteiger partial charge on any atom is 0.198 e. The Labute approximate surface area is 124 Å². The summed E-state index contributed by atoms with van der Waals surface area (Å²) in [5.74, 6) is 1.05. The zero-order chi connectivity index (χ0) is 15.0. The lowest BCUT2D eigenvalue weighted by Gasteiger charge is -2.33. The lowest BCUT2D eigenvalue weighted by atomic mass is 9.82. The van der Waals surface area contributed by atoms with Gasteiger partial charge in [-0.25, -0.2) is 9.37 Å². The SMILES string of the molecule is Cc1cc(CNCC2(F)CCC2)cc2nc(C(C)C)oc12. The summed E-state index contributed by atoms with van der Waals surface area (Å²) in [5.41, 5.74) is 3.00. The lowest BCUT2D eigenvalue weighted by molar-refractivity contribution is 0.0630. The van der Waals surface area contributed by atoms with E-state index < -0.39 is 5.67 Å². The van der Waals surface area contributed by atoms with Crippen LogP contribution in [0.4, 0.5) is 4.39 Å². The first-order valence-electron chi connectivity index (χ1n) is 7.76. The van der Waals surface area contributed by atoms with Crippen LogP contribution in [0.25, 0.3) is 11.1 Å². The number of nitrogens with one attached hydrogen (secondary N) is 1. The Kier molecular flexibility index (Phi) is 3.74. The molecule has 1 N–H and O–H groups in total. The Morgan fingerprint density at radius 3 is 2.76 bits per heavy atom. The Balaban J connectivity index is 1.73. The normalized spacial score (nSPS) is 17.4. The number of hydrogen-bond donors (Lipinski definition) is 1. The minimum atomic E-state index is -0.974. The summed E-state index contributed by atoms with van der Waals surface area (Å²) in [7, 11) is 0. The van der Waals surface area contributed by atoms with Gasteiger partial charge in [-0.05, 0) is 43.4 Å². The molecule has 0 amide bonds. The summed E-state index contributed by atoms with van der Waals surface area (Å²) in [6.45, 7) is 7.29. The van der Waals surface area contributed by atoms with E-state index in [0.29, 0.717) is 25.9 Å². The van der Waals surface area contributed by atoms with Crippen LogP contribution in [0, 0.1) is 6.92 Å². The number of rotatable bonds is 5. The van der Waals surface area contributed by atoms with Gasteiger partial charge in [0.05, 0.1) is 0 Å². The van der Waals surface area contributed by atoms with Crippen LogP contribution < -0.4 is 5.32 Å². The summed E-state index contributed by atoms with van der Waals surface area (Å²) in [6, 6.07) is 4.13. The molecule has 4 heteroatoms. The highest BCUT2D eigenvalue weighted by atomic mass is 19.1. The molecule has 0 saturated heterocycles. The van der Waals surface area contributed by atoms with Crippen molar-refractivity contribution in [1.29, 1.82) is 0 Å². The maximum absolute atomic E-state index is 13.9. The molecule has 1 fully saturated rings. The van der Waals surface area contributed by atoms with E-state index >= 15 is 0 Å². The van der Waals surface area contributed by atoms with Crippen LogP contribution >= 0.6 is 0 Å². The topological polar surface area (TPSA) is 38.1 Å². The van der Waals surface area contributed by atoms with Crippen molar-refractivity contribution in [2.45, 2.75) is 58.2 Å². The van der Waals surface area contributed by atoms with Crippen molar-refractivity contribution in [1.82, 2.24) is 10.3 Å². The number of nitrogens with zero attached hydrogens (tertiary/aromatic N) is 1. The van der Waals surface area contributed by atoms with Gasteiger partial charge in [-0.3, -0.25) is 0 Å². The number of alkyl halides is 1. The van der Waals surface area contributed by atoms with Crippen LogP contribution in [0.3, 0.4) is 0 Å². The smallest absolute Gasteiger partial charge is 0.198 e. The number of oxazole rings is 1. The third-order valence-corrected chi connectivity index (χ3v) is 4.27. The van der Waals surface area contributed by atoms with E-state index in [1.54, 1.807) is 0 Å². The second-order valence-electron chi connectivity index (χ2n) is 6.58. The number of halogens is 1. The van der Waals surface area contributed by atoms with E-state index in [2.05, 4.69) is 30.2 Å². The highest BCUT2D eigenvalue weighted by molar-refractivity contribution is 5.77. The minimum Gasteiger partial charge on any atom is -0.440 e. The monoisotopic (exact) mass is 290 g/mol. The van der Waals surface area contributed by atoms with Crippen molar-refractivity contribution in [3.63, 3.8) is 0 Å². The molecule has 21 heavy (non-hydrogen) atoms. The molecule has 0 atom stereocenters. The predicted octanol–water partition coefficient (Wildman–Crippen LogP) is 4.24. The van der Waals surface area contributed by atoms with E-state index in [0.717, 1.165) is 34.5 Å². The molecule has 1 aromatic heterocycles. The van der Waals surface area contributed by atoms with Crippen LogP contribution in [0.1, 0.15) is 56.0 Å². The maximum atomic E-state index is 13.9. The number of fused-ring (bicyclic) bond motifs is 1. The first-order chi connectivity index (χ1) is 9.97. The van der Waals surface area contributed by atoms with Crippen molar-refractivity contribution in [2.24, 2.45) is 0 Å². The quantitative estimate of drug-likeness (QED) is 0.895. The molecular weight excluding hydrogens is 267 g/mol. The number of aromatic nitrogens is 1. The third kappa shape index (κ3) is 2.95. The van der Waals surface area contributed by atoms with Crippen molar-refractivity contribution in [3.05, 3.63) is 29.2 Å². The largest absolute Gasteiger partial charge is 0.440 e. The molecule has 1 aliphatic rings. The van der Waals surface area contributed by atoms with Crippen LogP contribution in [0.5, 0.6) is 0 Å². The van der Waals surface area contributed by atoms with Crippen LogP contribution in [0.2, 0.25) is 0 Å². The molecule has 0 aliphatic heterocycles. The van der Waals surface area contributed by atoms with E-state index in [-0.39, 0.29) is 5.92 Å². The highest BCUT2D eigenvalue weighted by Gasteiger charge is 2.36. The van der Waals surface area contributed by atoms with Crippen molar-refractivity contribution < 1.29 is 8.81 Å². The number of aryl methyl sites for hydroxylation is 1. The molecule has 3 rings (SSSR count). The first kappa shape index (κ1) is 14.5. The van der Waals surface area contributed by atoms with Gasteiger partial charge in [-0.15, -0.1) is 0 Å². The van der Waals surface area contributed by atoms with Gasteiger partial charge >= 0.3 is 0 Å². The zero-order valence-corrected chi connectivity index (χ0v) is 13.0. The molecule has 0 unspecified atom stereocenters. The summed E-state index contributed by atoms with van der Waals surface area (Å²) in [5, 5.41) is 3.23. The van der Waals surface area contributed by atoms with E-state index in [1.807, 2.05) is 13.0 Å². The molecular formula is C17H23FN2O. The average molecular weight is 290 g/mol. The third-order valence-electron chi connectivity index (χ3n) is 4.27. The van der Waals surface area contributed by atoms with Gasteiger partial charge in [0.25, 0.3) is 0 Å². The molecule has 1 aliphatic carbocycles. The molecule has 0 spiro atoms. The van der Waals surface area contributed by atoms with Crippen molar-refractivity contribution >= 4 is 11.1 Å². The standard InChI is InChI=1S/C17H23FN2O/c1-11(2)16-20-14-8-13(7-12(3)15(14)21-16)9-19-10-17(18)5-4-6-17/h7-8,11,19H,4-6,9-10H2,1-3H3. The van der Waals surface area contributed by atoms with Crippen LogP contribution in [-0.2, 0) is 6.54 Å². The molecule has 2 aromatic rings. The number of benzene rings is 1. The van der Waals surface area contributed by atoms with Gasteiger partial charge in [0, 0.05) is 19.0 Å². The minimum absolute atomic E-state index is 0.281. The van der Waals surface area contributed by atoms with Crippen molar-refractivity contribution in [2.75, 3.05) is 6.54 Å². The van der Waals surface area contributed by atoms with Gasteiger partial charge in [-0.2, -0.15) is 0 Å². The lowest BCUT2D eigenvalue weighted by Crippen LogP contribution is -2.42. The molecule has 3 nitrogen and oxygen atoms in total. The fourth-order valence-electron chi connectivity index (χ4n) is 2.81.